The minimum Gasteiger partial charge on any atom is -0.376 e. The zero-order chi connectivity index (χ0) is 8.60. The van der Waals surface area contributed by atoms with Crippen molar-refractivity contribution in [2.45, 2.75) is 30.9 Å². The lowest BCUT2D eigenvalue weighted by Crippen LogP contribution is -2.42. The van der Waals surface area contributed by atoms with Crippen molar-refractivity contribution in [2.24, 2.45) is 5.73 Å². The summed E-state index contributed by atoms with van der Waals surface area (Å²) in [6.07, 6.45) is 3.87. The molecular weight excluding hydrogens is 152 g/mol. The summed E-state index contributed by atoms with van der Waals surface area (Å²) in [5.41, 5.74) is 5.69. The molecule has 3 nitrogen and oxygen atoms in total. The predicted octanol–water partition coefficient (Wildman–Crippen LogP) is 0.198. The fourth-order valence-electron chi connectivity index (χ4n) is 2.04. The van der Waals surface area contributed by atoms with Gasteiger partial charge in [0.2, 0.25) is 0 Å². The van der Waals surface area contributed by atoms with E-state index in [1.165, 1.54) is 19.4 Å². The van der Waals surface area contributed by atoms with E-state index in [-0.39, 0.29) is 5.60 Å². The molecule has 0 spiro atoms. The van der Waals surface area contributed by atoms with Gasteiger partial charge >= 0.3 is 0 Å². The fraction of sp³-hybridized carbons (Fsp3) is 1.00. The first kappa shape index (κ1) is 8.48. The highest BCUT2D eigenvalue weighted by atomic mass is 16.5. The second-order valence-corrected chi connectivity index (χ2v) is 4.04. The number of hydrogen-bond acceptors (Lipinski definition) is 3. The minimum atomic E-state index is -0.0252. The molecule has 2 N–H and O–H groups in total. The molecule has 0 aromatic carbocycles. The summed E-state index contributed by atoms with van der Waals surface area (Å²) in [7, 11) is 1.78. The van der Waals surface area contributed by atoms with Gasteiger partial charge in [-0.1, -0.05) is 0 Å². The van der Waals surface area contributed by atoms with Crippen molar-refractivity contribution < 1.29 is 4.74 Å². The molecule has 2 fully saturated rings. The molecule has 3 heteroatoms. The summed E-state index contributed by atoms with van der Waals surface area (Å²) < 4.78 is 5.49. The van der Waals surface area contributed by atoms with Crippen LogP contribution in [0.25, 0.3) is 0 Å². The summed E-state index contributed by atoms with van der Waals surface area (Å²) in [5, 5.41) is 0. The first-order valence-corrected chi connectivity index (χ1v) is 4.79. The van der Waals surface area contributed by atoms with E-state index in [2.05, 4.69) is 4.90 Å². The fourth-order valence-corrected chi connectivity index (χ4v) is 2.04. The van der Waals surface area contributed by atoms with Gasteiger partial charge in [-0.2, -0.15) is 0 Å². The van der Waals surface area contributed by atoms with Gasteiger partial charge in [-0.15, -0.1) is 0 Å². The van der Waals surface area contributed by atoms with Crippen molar-refractivity contribution >= 4 is 0 Å². The van der Waals surface area contributed by atoms with E-state index in [1.54, 1.807) is 7.11 Å². The Kier molecular flexibility index (Phi) is 2.10. The lowest BCUT2D eigenvalue weighted by molar-refractivity contribution is 0.00570. The molecule has 1 atom stereocenters. The number of nitrogens with two attached hydrogens (primary N) is 1. The number of hydrogen-bond donors (Lipinski definition) is 1. The first-order chi connectivity index (χ1) is 5.79. The molecule has 2 rings (SSSR count). The Morgan fingerprint density at radius 1 is 1.58 bits per heavy atom. The maximum absolute atomic E-state index is 5.71. The van der Waals surface area contributed by atoms with E-state index in [9.17, 15) is 0 Å². The average molecular weight is 170 g/mol. The van der Waals surface area contributed by atoms with Crippen molar-refractivity contribution in [3.8, 4) is 0 Å². The van der Waals surface area contributed by atoms with Crippen LogP contribution in [0, 0.1) is 0 Å². The van der Waals surface area contributed by atoms with E-state index in [1.807, 2.05) is 0 Å². The quantitative estimate of drug-likeness (QED) is 0.657. The third kappa shape index (κ3) is 1.37. The van der Waals surface area contributed by atoms with E-state index in [0.717, 1.165) is 19.0 Å². The topological polar surface area (TPSA) is 38.5 Å². The molecule has 0 amide bonds. The highest BCUT2D eigenvalue weighted by Crippen LogP contribution is 2.34. The zero-order valence-electron chi connectivity index (χ0n) is 7.75. The Hall–Kier alpha value is -0.120. The summed E-state index contributed by atoms with van der Waals surface area (Å²) in [6, 6.07) is 0.855. The van der Waals surface area contributed by atoms with E-state index in [0.29, 0.717) is 6.54 Å². The predicted molar refractivity (Wildman–Crippen MR) is 48.0 cm³/mol. The molecule has 1 saturated heterocycles. The van der Waals surface area contributed by atoms with Crippen LogP contribution in [0.4, 0.5) is 0 Å². The maximum Gasteiger partial charge on any atom is 0.0938 e. The number of ether oxygens (including phenoxy) is 1. The van der Waals surface area contributed by atoms with E-state index >= 15 is 0 Å². The van der Waals surface area contributed by atoms with Crippen LogP contribution >= 0.6 is 0 Å². The van der Waals surface area contributed by atoms with Crippen LogP contribution in [0.5, 0.6) is 0 Å². The second kappa shape index (κ2) is 2.98. The standard InChI is InChI=1S/C9H18N2O/c1-12-9(6-10)4-5-11(7-9)8-2-3-8/h8H,2-7,10H2,1H3. The van der Waals surface area contributed by atoms with Gasteiger partial charge < -0.3 is 10.5 Å². The van der Waals surface area contributed by atoms with Gasteiger partial charge in [0.1, 0.15) is 0 Å². The molecule has 1 heterocycles. The molecule has 1 saturated carbocycles. The molecule has 0 bridgehead atoms. The van der Waals surface area contributed by atoms with Crippen LogP contribution in [0.3, 0.4) is 0 Å². The second-order valence-electron chi connectivity index (χ2n) is 4.04. The van der Waals surface area contributed by atoms with Crippen LogP contribution in [0.2, 0.25) is 0 Å². The van der Waals surface area contributed by atoms with Gasteiger partial charge in [-0.3, -0.25) is 4.90 Å². The number of methoxy groups -OCH3 is 1. The third-order valence-electron chi connectivity index (χ3n) is 3.21. The van der Waals surface area contributed by atoms with Gasteiger partial charge in [0, 0.05) is 32.8 Å². The maximum atomic E-state index is 5.71. The molecule has 1 aliphatic heterocycles. The molecule has 1 unspecified atom stereocenters. The highest BCUT2D eigenvalue weighted by molar-refractivity contribution is 4.98. The Labute approximate surface area is 73.9 Å². The SMILES string of the molecule is COC1(CN)CCN(C2CC2)C1. The lowest BCUT2D eigenvalue weighted by atomic mass is 10.0. The molecule has 0 radical (unpaired) electrons. The van der Waals surface area contributed by atoms with Gasteiger partial charge in [-0.25, -0.2) is 0 Å². The Morgan fingerprint density at radius 2 is 2.33 bits per heavy atom. The number of likely N-dealkylation sites (tertiary alicyclic amines) is 1. The van der Waals surface area contributed by atoms with Crippen molar-refractivity contribution in [3.05, 3.63) is 0 Å². The van der Waals surface area contributed by atoms with Crippen molar-refractivity contribution in [3.63, 3.8) is 0 Å². The monoisotopic (exact) mass is 170 g/mol. The van der Waals surface area contributed by atoms with Crippen molar-refractivity contribution in [2.75, 3.05) is 26.7 Å². The first-order valence-electron chi connectivity index (χ1n) is 4.79. The smallest absolute Gasteiger partial charge is 0.0938 e. The zero-order valence-corrected chi connectivity index (χ0v) is 7.75. The summed E-state index contributed by atoms with van der Waals surface area (Å²) in [6.45, 7) is 2.88. The lowest BCUT2D eigenvalue weighted by Gasteiger charge is -2.26. The van der Waals surface area contributed by atoms with E-state index < -0.39 is 0 Å². The molecule has 70 valence electrons. The van der Waals surface area contributed by atoms with Crippen LogP contribution < -0.4 is 5.73 Å². The third-order valence-corrected chi connectivity index (χ3v) is 3.21. The van der Waals surface area contributed by atoms with Crippen LogP contribution in [0.15, 0.2) is 0 Å². The van der Waals surface area contributed by atoms with Crippen LogP contribution in [-0.2, 0) is 4.74 Å². The molecule has 1 aliphatic carbocycles. The highest BCUT2D eigenvalue weighted by Gasteiger charge is 2.42. The minimum absolute atomic E-state index is 0.0252. The number of rotatable bonds is 3. The van der Waals surface area contributed by atoms with Crippen LogP contribution in [-0.4, -0.2) is 43.3 Å². The van der Waals surface area contributed by atoms with Crippen LogP contribution in [0.1, 0.15) is 19.3 Å². The van der Waals surface area contributed by atoms with Gasteiger partial charge in [0.15, 0.2) is 0 Å². The molecule has 2 aliphatic rings. The number of nitrogens with zero attached hydrogens (tertiary/aromatic N) is 1. The van der Waals surface area contributed by atoms with Gasteiger partial charge in [0.25, 0.3) is 0 Å². The van der Waals surface area contributed by atoms with Gasteiger partial charge in [-0.05, 0) is 19.3 Å². The molecular formula is C9H18N2O. The van der Waals surface area contributed by atoms with Gasteiger partial charge in [0.05, 0.1) is 5.60 Å². The Morgan fingerprint density at radius 3 is 2.75 bits per heavy atom. The summed E-state index contributed by atoms with van der Waals surface area (Å²) >= 11 is 0. The summed E-state index contributed by atoms with van der Waals surface area (Å²) in [4.78, 5) is 2.52. The molecule has 12 heavy (non-hydrogen) atoms. The van der Waals surface area contributed by atoms with Crippen molar-refractivity contribution in [1.29, 1.82) is 0 Å². The van der Waals surface area contributed by atoms with E-state index in [4.69, 9.17) is 10.5 Å². The Bertz CT molecular complexity index is 164. The molecule has 0 aromatic heterocycles. The normalized spacial score (nSPS) is 37.5. The average Bonchev–Trinajstić information content (AvgIpc) is 2.87. The Balaban J connectivity index is 1.93. The summed E-state index contributed by atoms with van der Waals surface area (Å²) in [5.74, 6) is 0. The van der Waals surface area contributed by atoms with Crippen molar-refractivity contribution in [1.82, 2.24) is 4.90 Å². The molecule has 0 aromatic rings. The largest absolute Gasteiger partial charge is 0.376 e.